The summed E-state index contributed by atoms with van der Waals surface area (Å²) in [6.07, 6.45) is 0.196. The molecule has 2 atom stereocenters. The maximum Gasteiger partial charge on any atom is 0.144 e. The summed E-state index contributed by atoms with van der Waals surface area (Å²) in [5, 5.41) is 7.03. The Morgan fingerprint density at radius 3 is 2.76 bits per heavy atom. The fourth-order valence-corrected chi connectivity index (χ4v) is 2.01. The maximum atomic E-state index is 5.84. The van der Waals surface area contributed by atoms with Gasteiger partial charge in [0, 0.05) is 12.6 Å². The highest BCUT2D eigenvalue weighted by atomic mass is 16.5. The number of nitrogens with one attached hydrogen (secondary N) is 2. The van der Waals surface area contributed by atoms with Crippen molar-refractivity contribution in [3.63, 3.8) is 0 Å². The number of rotatable bonds is 2. The second-order valence-electron chi connectivity index (χ2n) is 5.14. The van der Waals surface area contributed by atoms with Crippen LogP contribution in [-0.2, 0) is 0 Å². The van der Waals surface area contributed by atoms with Crippen LogP contribution in [0.3, 0.4) is 0 Å². The minimum Gasteiger partial charge on any atom is -0.489 e. The van der Waals surface area contributed by atoms with Crippen LogP contribution in [0.4, 0.5) is 11.4 Å². The van der Waals surface area contributed by atoms with E-state index < -0.39 is 0 Å². The molecule has 1 heterocycles. The summed E-state index contributed by atoms with van der Waals surface area (Å²) in [6, 6.07) is 6.63. The van der Waals surface area contributed by atoms with Crippen LogP contribution in [0.25, 0.3) is 0 Å². The third-order valence-corrected chi connectivity index (χ3v) is 3.23. The number of benzene rings is 1. The Morgan fingerprint density at radius 2 is 2.06 bits per heavy atom. The molecule has 94 valence electrons. The molecule has 0 aromatic heterocycles. The minimum atomic E-state index is 0.196. The molecule has 1 aliphatic heterocycles. The predicted molar refractivity (Wildman–Crippen MR) is 72.9 cm³/mol. The van der Waals surface area contributed by atoms with Gasteiger partial charge < -0.3 is 15.4 Å². The summed E-state index contributed by atoms with van der Waals surface area (Å²) in [6.45, 7) is 9.54. The lowest BCUT2D eigenvalue weighted by Crippen LogP contribution is -2.25. The Hall–Kier alpha value is -1.38. The second-order valence-corrected chi connectivity index (χ2v) is 5.14. The topological polar surface area (TPSA) is 33.3 Å². The standard InChI is InChI=1S/C14H22N2O/c1-9(2)17-13-7-5-6-12-14(13)15-8-10(3)11(4)16-12/h5-7,9-11,15-16H,8H2,1-4H3. The van der Waals surface area contributed by atoms with Crippen molar-refractivity contribution in [3.05, 3.63) is 18.2 Å². The lowest BCUT2D eigenvalue weighted by molar-refractivity contribution is 0.244. The van der Waals surface area contributed by atoms with Crippen LogP contribution < -0.4 is 15.4 Å². The zero-order valence-corrected chi connectivity index (χ0v) is 11.1. The van der Waals surface area contributed by atoms with E-state index in [1.807, 2.05) is 12.1 Å². The van der Waals surface area contributed by atoms with Gasteiger partial charge in [0.25, 0.3) is 0 Å². The average Bonchev–Trinajstić information content (AvgIpc) is 2.39. The van der Waals surface area contributed by atoms with Gasteiger partial charge in [0.05, 0.1) is 11.8 Å². The molecule has 0 amide bonds. The van der Waals surface area contributed by atoms with Crippen LogP contribution in [0.5, 0.6) is 5.75 Å². The van der Waals surface area contributed by atoms with E-state index in [0.29, 0.717) is 12.0 Å². The fourth-order valence-electron chi connectivity index (χ4n) is 2.01. The molecule has 0 saturated heterocycles. The van der Waals surface area contributed by atoms with E-state index >= 15 is 0 Å². The van der Waals surface area contributed by atoms with Gasteiger partial charge in [-0.2, -0.15) is 0 Å². The van der Waals surface area contributed by atoms with Gasteiger partial charge in [-0.3, -0.25) is 0 Å². The number of ether oxygens (including phenoxy) is 1. The summed E-state index contributed by atoms with van der Waals surface area (Å²) in [4.78, 5) is 0. The number of para-hydroxylation sites is 1. The molecule has 0 bridgehead atoms. The van der Waals surface area contributed by atoms with Gasteiger partial charge >= 0.3 is 0 Å². The molecule has 3 heteroatoms. The lowest BCUT2D eigenvalue weighted by atomic mass is 10.0. The molecule has 2 unspecified atom stereocenters. The summed E-state index contributed by atoms with van der Waals surface area (Å²) in [5.41, 5.74) is 2.23. The third kappa shape index (κ3) is 2.65. The second kappa shape index (κ2) is 4.86. The van der Waals surface area contributed by atoms with Gasteiger partial charge in [-0.1, -0.05) is 13.0 Å². The van der Waals surface area contributed by atoms with Crippen molar-refractivity contribution in [3.8, 4) is 5.75 Å². The van der Waals surface area contributed by atoms with E-state index in [-0.39, 0.29) is 6.10 Å². The van der Waals surface area contributed by atoms with Crippen LogP contribution in [-0.4, -0.2) is 18.7 Å². The monoisotopic (exact) mass is 234 g/mol. The Bertz CT molecular complexity index is 390. The van der Waals surface area contributed by atoms with E-state index in [4.69, 9.17) is 4.74 Å². The van der Waals surface area contributed by atoms with Crippen molar-refractivity contribution in [1.82, 2.24) is 0 Å². The van der Waals surface area contributed by atoms with Crippen molar-refractivity contribution >= 4 is 11.4 Å². The van der Waals surface area contributed by atoms with Gasteiger partial charge in [-0.05, 0) is 38.8 Å². The number of anilines is 2. The van der Waals surface area contributed by atoms with Crippen LogP contribution in [0.1, 0.15) is 27.7 Å². The fraction of sp³-hybridized carbons (Fsp3) is 0.571. The van der Waals surface area contributed by atoms with Crippen molar-refractivity contribution in [2.75, 3.05) is 17.2 Å². The molecular weight excluding hydrogens is 212 g/mol. The van der Waals surface area contributed by atoms with Crippen molar-refractivity contribution in [1.29, 1.82) is 0 Å². The number of fused-ring (bicyclic) bond motifs is 1. The normalized spacial score (nSPS) is 23.4. The smallest absolute Gasteiger partial charge is 0.144 e. The maximum absolute atomic E-state index is 5.84. The molecular formula is C14H22N2O. The molecule has 0 saturated carbocycles. The molecule has 2 rings (SSSR count). The molecule has 0 spiro atoms. The van der Waals surface area contributed by atoms with Crippen molar-refractivity contribution < 1.29 is 4.74 Å². The van der Waals surface area contributed by atoms with Gasteiger partial charge in [0.2, 0.25) is 0 Å². The molecule has 0 fully saturated rings. The molecule has 3 nitrogen and oxygen atoms in total. The Kier molecular flexibility index (Phi) is 3.46. The third-order valence-electron chi connectivity index (χ3n) is 3.23. The summed E-state index contributed by atoms with van der Waals surface area (Å²) in [7, 11) is 0. The Balaban J connectivity index is 2.31. The quantitative estimate of drug-likeness (QED) is 0.823. The van der Waals surface area contributed by atoms with Crippen LogP contribution in [0, 0.1) is 5.92 Å². The average molecular weight is 234 g/mol. The van der Waals surface area contributed by atoms with E-state index in [9.17, 15) is 0 Å². The summed E-state index contributed by atoms with van der Waals surface area (Å²) < 4.78 is 5.84. The number of hydrogen-bond donors (Lipinski definition) is 2. The van der Waals surface area contributed by atoms with Gasteiger partial charge in [-0.15, -0.1) is 0 Å². The zero-order chi connectivity index (χ0) is 12.4. The Morgan fingerprint density at radius 1 is 1.29 bits per heavy atom. The highest BCUT2D eigenvalue weighted by Crippen LogP contribution is 2.36. The highest BCUT2D eigenvalue weighted by molar-refractivity contribution is 5.76. The molecule has 1 aromatic rings. The van der Waals surface area contributed by atoms with E-state index in [0.717, 1.165) is 23.7 Å². The van der Waals surface area contributed by atoms with E-state index in [1.54, 1.807) is 0 Å². The highest BCUT2D eigenvalue weighted by Gasteiger charge is 2.20. The Labute approximate surface area is 104 Å². The summed E-state index contributed by atoms with van der Waals surface area (Å²) >= 11 is 0. The van der Waals surface area contributed by atoms with Crippen LogP contribution >= 0.6 is 0 Å². The molecule has 0 aliphatic carbocycles. The molecule has 1 aromatic carbocycles. The SMILES string of the molecule is CC(C)Oc1cccc2c1NCC(C)C(C)N2. The largest absolute Gasteiger partial charge is 0.489 e. The molecule has 1 aliphatic rings. The van der Waals surface area contributed by atoms with Crippen LogP contribution in [0.15, 0.2) is 18.2 Å². The predicted octanol–water partition coefficient (Wildman–Crippen LogP) is 3.34. The molecule has 17 heavy (non-hydrogen) atoms. The molecule has 2 N–H and O–H groups in total. The summed E-state index contributed by atoms with van der Waals surface area (Å²) in [5.74, 6) is 1.53. The lowest BCUT2D eigenvalue weighted by Gasteiger charge is -2.18. The van der Waals surface area contributed by atoms with Gasteiger partial charge in [-0.25, -0.2) is 0 Å². The van der Waals surface area contributed by atoms with Crippen molar-refractivity contribution in [2.24, 2.45) is 5.92 Å². The minimum absolute atomic E-state index is 0.196. The zero-order valence-electron chi connectivity index (χ0n) is 11.1. The first-order valence-electron chi connectivity index (χ1n) is 6.38. The van der Waals surface area contributed by atoms with E-state index in [1.165, 1.54) is 0 Å². The van der Waals surface area contributed by atoms with Gasteiger partial charge in [0.1, 0.15) is 11.4 Å². The van der Waals surface area contributed by atoms with E-state index in [2.05, 4.69) is 44.4 Å². The first-order valence-corrected chi connectivity index (χ1v) is 6.38. The number of hydrogen-bond acceptors (Lipinski definition) is 3. The van der Waals surface area contributed by atoms with Gasteiger partial charge in [0.15, 0.2) is 0 Å². The first kappa shape index (κ1) is 12.1. The molecule has 0 radical (unpaired) electrons. The van der Waals surface area contributed by atoms with Crippen molar-refractivity contribution in [2.45, 2.75) is 39.8 Å². The first-order chi connectivity index (χ1) is 8.08. The van der Waals surface area contributed by atoms with Crippen LogP contribution in [0.2, 0.25) is 0 Å².